The van der Waals surface area contributed by atoms with Crippen LogP contribution in [0.5, 0.6) is 0 Å². The molecule has 0 N–H and O–H groups in total. The second kappa shape index (κ2) is 10.5. The number of anilines is 2. The SMILES string of the molecule is Cc1c(/C=C2\SC(=S)N(Cc3ccco3)C2=O)c(N2CCN(c3ccccc3F)CC2)n(C)c(=O)c1C#N. The summed E-state index contributed by atoms with van der Waals surface area (Å²) in [4.78, 5) is 32.3. The van der Waals surface area contributed by atoms with Gasteiger partial charge in [-0.05, 0) is 42.8 Å². The zero-order valence-corrected chi connectivity index (χ0v) is 22.4. The third kappa shape index (κ3) is 4.61. The summed E-state index contributed by atoms with van der Waals surface area (Å²) in [6.45, 7) is 4.06. The van der Waals surface area contributed by atoms with Gasteiger partial charge < -0.3 is 14.2 Å². The van der Waals surface area contributed by atoms with Crippen molar-refractivity contribution >= 4 is 51.8 Å². The first-order valence-corrected chi connectivity index (χ1v) is 13.2. The molecule has 1 aromatic carbocycles. The van der Waals surface area contributed by atoms with E-state index in [2.05, 4.69) is 0 Å². The summed E-state index contributed by atoms with van der Waals surface area (Å²) in [5.74, 6) is 0.676. The Balaban J connectivity index is 1.50. The predicted octanol–water partition coefficient (Wildman–Crippen LogP) is 4.03. The van der Waals surface area contributed by atoms with Crippen molar-refractivity contribution in [3.63, 3.8) is 0 Å². The van der Waals surface area contributed by atoms with E-state index in [-0.39, 0.29) is 23.8 Å². The summed E-state index contributed by atoms with van der Waals surface area (Å²) >= 11 is 6.65. The van der Waals surface area contributed by atoms with E-state index in [0.29, 0.717) is 63.8 Å². The quantitative estimate of drug-likeness (QED) is 0.349. The molecular formula is C27H24FN5O3S2. The fourth-order valence-electron chi connectivity index (χ4n) is 4.79. The van der Waals surface area contributed by atoms with Crippen LogP contribution in [0.15, 0.2) is 56.8 Å². The Morgan fingerprint density at radius 1 is 1.13 bits per heavy atom. The van der Waals surface area contributed by atoms with Crippen molar-refractivity contribution < 1.29 is 13.6 Å². The van der Waals surface area contributed by atoms with Crippen LogP contribution in [0.3, 0.4) is 0 Å². The van der Waals surface area contributed by atoms with Crippen molar-refractivity contribution in [2.75, 3.05) is 36.0 Å². The first kappa shape index (κ1) is 25.8. The second-order valence-corrected chi connectivity index (χ2v) is 10.7. The maximum absolute atomic E-state index is 14.4. The van der Waals surface area contributed by atoms with Gasteiger partial charge in [-0.1, -0.05) is 36.1 Å². The summed E-state index contributed by atoms with van der Waals surface area (Å²) in [5.41, 5.74) is 1.27. The van der Waals surface area contributed by atoms with Crippen LogP contribution in [0.1, 0.15) is 22.5 Å². The number of furan rings is 1. The van der Waals surface area contributed by atoms with Gasteiger partial charge in [-0.2, -0.15) is 5.26 Å². The van der Waals surface area contributed by atoms with Crippen LogP contribution in [0.2, 0.25) is 0 Å². The molecule has 194 valence electrons. The Bertz CT molecular complexity index is 1550. The molecule has 0 unspecified atom stereocenters. The number of halogens is 1. The molecular weight excluding hydrogens is 525 g/mol. The number of aromatic nitrogens is 1. The van der Waals surface area contributed by atoms with Crippen molar-refractivity contribution in [1.82, 2.24) is 9.47 Å². The topological polar surface area (TPSA) is 85.7 Å². The Kier molecular flexibility index (Phi) is 7.10. The number of carbonyl (C=O) groups is 1. The molecule has 3 aromatic rings. The molecule has 2 saturated heterocycles. The number of para-hydroxylation sites is 1. The lowest BCUT2D eigenvalue weighted by molar-refractivity contribution is -0.122. The number of nitrogens with zero attached hydrogens (tertiary/aromatic N) is 5. The number of carbonyl (C=O) groups excluding carboxylic acids is 1. The first-order chi connectivity index (χ1) is 18.3. The maximum atomic E-state index is 14.4. The molecule has 2 aromatic heterocycles. The summed E-state index contributed by atoms with van der Waals surface area (Å²) < 4.78 is 21.6. The molecule has 0 aliphatic carbocycles. The number of benzene rings is 1. The van der Waals surface area contributed by atoms with E-state index in [4.69, 9.17) is 16.6 Å². The molecule has 2 aliphatic heterocycles. The van der Waals surface area contributed by atoms with E-state index < -0.39 is 5.56 Å². The number of thiocarbonyl (C=S) groups is 1. The van der Waals surface area contributed by atoms with Crippen LogP contribution in [-0.4, -0.2) is 45.9 Å². The number of hydrogen-bond donors (Lipinski definition) is 0. The lowest BCUT2D eigenvalue weighted by Crippen LogP contribution is -2.48. The third-order valence-electron chi connectivity index (χ3n) is 6.78. The van der Waals surface area contributed by atoms with Gasteiger partial charge >= 0.3 is 0 Å². The van der Waals surface area contributed by atoms with Gasteiger partial charge in [0.05, 0.1) is 23.4 Å². The second-order valence-electron chi connectivity index (χ2n) is 8.99. The highest BCUT2D eigenvalue weighted by molar-refractivity contribution is 8.26. The first-order valence-electron chi connectivity index (χ1n) is 12.0. The van der Waals surface area contributed by atoms with Crippen LogP contribution in [0, 0.1) is 24.1 Å². The number of amides is 1. The van der Waals surface area contributed by atoms with E-state index in [1.807, 2.05) is 15.9 Å². The van der Waals surface area contributed by atoms with Crippen molar-refractivity contribution in [3.05, 3.63) is 86.2 Å². The number of piperazine rings is 1. The van der Waals surface area contributed by atoms with Crippen LogP contribution in [0.25, 0.3) is 6.08 Å². The lowest BCUT2D eigenvalue weighted by atomic mass is 10.0. The van der Waals surface area contributed by atoms with E-state index in [9.17, 15) is 19.2 Å². The molecule has 0 bridgehead atoms. The van der Waals surface area contributed by atoms with Crippen molar-refractivity contribution in [2.45, 2.75) is 13.5 Å². The normalized spacial score (nSPS) is 17.0. The van der Waals surface area contributed by atoms with Gasteiger partial charge in [-0.3, -0.25) is 19.1 Å². The minimum Gasteiger partial charge on any atom is -0.467 e. The highest BCUT2D eigenvalue weighted by atomic mass is 32.2. The third-order valence-corrected chi connectivity index (χ3v) is 8.16. The van der Waals surface area contributed by atoms with Gasteiger partial charge in [0, 0.05) is 38.8 Å². The molecule has 5 rings (SSSR count). The van der Waals surface area contributed by atoms with E-state index >= 15 is 0 Å². The maximum Gasteiger partial charge on any atom is 0.270 e. The molecule has 1 amide bonds. The van der Waals surface area contributed by atoms with E-state index in [1.54, 1.807) is 50.4 Å². The number of hydrogen-bond acceptors (Lipinski definition) is 8. The average molecular weight is 550 g/mol. The Morgan fingerprint density at radius 3 is 2.50 bits per heavy atom. The van der Waals surface area contributed by atoms with E-state index in [0.717, 1.165) is 0 Å². The molecule has 0 saturated carbocycles. The molecule has 8 nitrogen and oxygen atoms in total. The van der Waals surface area contributed by atoms with Gasteiger partial charge in [0.2, 0.25) is 0 Å². The number of thioether (sulfide) groups is 1. The zero-order chi connectivity index (χ0) is 27.0. The fraction of sp³-hybridized carbons (Fsp3) is 0.259. The van der Waals surface area contributed by atoms with Crippen LogP contribution in [0.4, 0.5) is 15.9 Å². The predicted molar refractivity (Wildman–Crippen MR) is 149 cm³/mol. The van der Waals surface area contributed by atoms with Crippen LogP contribution >= 0.6 is 24.0 Å². The summed E-state index contributed by atoms with van der Waals surface area (Å²) in [5, 5.41) is 9.73. The monoisotopic (exact) mass is 549 g/mol. The molecule has 0 radical (unpaired) electrons. The zero-order valence-electron chi connectivity index (χ0n) is 20.8. The average Bonchev–Trinajstić information content (AvgIpc) is 3.52. The van der Waals surface area contributed by atoms with Crippen molar-refractivity contribution in [2.24, 2.45) is 7.05 Å². The minimum atomic E-state index is -0.404. The number of rotatable bonds is 5. The van der Waals surface area contributed by atoms with Gasteiger partial charge in [0.25, 0.3) is 11.5 Å². The molecule has 0 spiro atoms. The highest BCUT2D eigenvalue weighted by Crippen LogP contribution is 2.36. The summed E-state index contributed by atoms with van der Waals surface area (Å²) in [6, 6.07) is 12.2. The van der Waals surface area contributed by atoms with Crippen molar-refractivity contribution in [1.29, 1.82) is 5.26 Å². The van der Waals surface area contributed by atoms with Gasteiger partial charge in [0.1, 0.15) is 33.3 Å². The molecule has 11 heteroatoms. The Hall–Kier alpha value is -3.88. The number of pyridine rings is 1. The minimum absolute atomic E-state index is 0.0264. The van der Waals surface area contributed by atoms with Gasteiger partial charge in [-0.25, -0.2) is 4.39 Å². The molecule has 38 heavy (non-hydrogen) atoms. The van der Waals surface area contributed by atoms with Gasteiger partial charge in [0.15, 0.2) is 0 Å². The fourth-order valence-corrected chi connectivity index (χ4v) is 6.02. The molecule has 4 heterocycles. The lowest BCUT2D eigenvalue weighted by Gasteiger charge is -2.38. The molecule has 2 aliphatic rings. The summed E-state index contributed by atoms with van der Waals surface area (Å²) in [7, 11) is 1.63. The highest BCUT2D eigenvalue weighted by Gasteiger charge is 2.34. The summed E-state index contributed by atoms with van der Waals surface area (Å²) in [6.07, 6.45) is 3.26. The Morgan fingerprint density at radius 2 is 1.84 bits per heavy atom. The van der Waals surface area contributed by atoms with Gasteiger partial charge in [-0.15, -0.1) is 0 Å². The molecule has 2 fully saturated rings. The smallest absolute Gasteiger partial charge is 0.270 e. The van der Waals surface area contributed by atoms with E-state index in [1.165, 1.54) is 33.6 Å². The van der Waals surface area contributed by atoms with Crippen LogP contribution in [-0.2, 0) is 18.4 Å². The molecule has 0 atom stereocenters. The van der Waals surface area contributed by atoms with Crippen LogP contribution < -0.4 is 15.4 Å². The van der Waals surface area contributed by atoms with Crippen molar-refractivity contribution in [3.8, 4) is 6.07 Å². The largest absolute Gasteiger partial charge is 0.467 e. The number of nitriles is 1. The standard InChI is InChI=1S/C27H24FN5O3S2/c1-17-19(14-23-26(35)33(27(37)38-23)16-18-6-5-13-36-18)24(30(2)25(34)20(17)15-29)32-11-9-31(10-12-32)22-8-4-3-7-21(22)28/h3-8,13-14H,9-12,16H2,1-2H3/b23-14-. The Labute approximate surface area is 228 Å².